The van der Waals surface area contributed by atoms with Crippen molar-refractivity contribution in [1.82, 2.24) is 4.98 Å². The Morgan fingerprint density at radius 2 is 2.17 bits per heavy atom. The molecule has 1 atom stereocenters. The van der Waals surface area contributed by atoms with E-state index in [0.717, 1.165) is 17.5 Å². The average Bonchev–Trinajstić information content (AvgIpc) is 3.07. The zero-order chi connectivity index (χ0) is 17.7. The van der Waals surface area contributed by atoms with Crippen molar-refractivity contribution in [2.45, 2.75) is 39.7 Å². The van der Waals surface area contributed by atoms with Gasteiger partial charge in [0.25, 0.3) is 0 Å². The molecule has 130 valence electrons. The van der Waals surface area contributed by atoms with Gasteiger partial charge in [-0.1, -0.05) is 20.8 Å². The monoisotopic (exact) mass is 331 g/mol. The number of nitrogens with one attached hydrogen (secondary N) is 1. The van der Waals surface area contributed by atoms with E-state index in [1.165, 1.54) is 6.26 Å². The zero-order valence-electron chi connectivity index (χ0n) is 14.6. The van der Waals surface area contributed by atoms with Gasteiger partial charge in [-0.25, -0.2) is 4.98 Å². The fraction of sp³-hybridized carbons (Fsp3) is 0.444. The molecule has 1 heterocycles. The van der Waals surface area contributed by atoms with Crippen LogP contribution < -0.4 is 15.8 Å². The summed E-state index contributed by atoms with van der Waals surface area (Å²) in [6.07, 6.45) is 4.48. The minimum absolute atomic E-state index is 0.190. The maximum Gasteiger partial charge on any atom is 0.241 e. The first kappa shape index (κ1) is 18.0. The molecule has 0 bridgehead atoms. The van der Waals surface area contributed by atoms with E-state index in [9.17, 15) is 4.79 Å². The van der Waals surface area contributed by atoms with E-state index >= 15 is 0 Å². The van der Waals surface area contributed by atoms with Gasteiger partial charge in [-0.05, 0) is 30.4 Å². The lowest BCUT2D eigenvalue weighted by molar-refractivity contribution is -0.117. The van der Waals surface area contributed by atoms with Crippen molar-refractivity contribution in [3.05, 3.63) is 30.2 Å². The van der Waals surface area contributed by atoms with Gasteiger partial charge in [-0.3, -0.25) is 4.79 Å². The molecule has 6 heteroatoms. The van der Waals surface area contributed by atoms with Crippen LogP contribution in [0.5, 0.6) is 5.75 Å². The molecule has 0 saturated carbocycles. The summed E-state index contributed by atoms with van der Waals surface area (Å²) in [5.41, 5.74) is 8.39. The third kappa shape index (κ3) is 4.14. The number of amides is 1. The normalized spacial score (nSPS) is 12.2. The molecule has 0 aliphatic carbocycles. The molecule has 0 fully saturated rings. The average molecular weight is 331 g/mol. The molecule has 0 aliphatic heterocycles. The number of oxazole rings is 1. The number of anilines is 1. The van der Waals surface area contributed by atoms with Crippen LogP contribution in [0.1, 0.15) is 32.8 Å². The molecular weight excluding hydrogens is 306 g/mol. The molecular formula is C18H25N3O3. The fourth-order valence-corrected chi connectivity index (χ4v) is 2.57. The number of hydrogen-bond acceptors (Lipinski definition) is 5. The van der Waals surface area contributed by atoms with Crippen LogP contribution in [0, 0.1) is 5.92 Å². The van der Waals surface area contributed by atoms with Crippen molar-refractivity contribution in [3.8, 4) is 17.2 Å². The van der Waals surface area contributed by atoms with Crippen LogP contribution in [-0.4, -0.2) is 24.0 Å². The first-order chi connectivity index (χ1) is 11.5. The van der Waals surface area contributed by atoms with Crippen LogP contribution in [-0.2, 0) is 11.2 Å². The van der Waals surface area contributed by atoms with E-state index in [1.54, 1.807) is 19.4 Å². The van der Waals surface area contributed by atoms with Crippen molar-refractivity contribution >= 4 is 11.6 Å². The molecule has 2 aromatic rings. The van der Waals surface area contributed by atoms with Gasteiger partial charge in [0.1, 0.15) is 12.0 Å². The summed E-state index contributed by atoms with van der Waals surface area (Å²) in [5.74, 6) is 1.24. The number of carbonyl (C=O) groups is 1. The second-order valence-corrected chi connectivity index (χ2v) is 6.13. The predicted octanol–water partition coefficient (Wildman–Crippen LogP) is 3.22. The van der Waals surface area contributed by atoms with Crippen molar-refractivity contribution in [2.24, 2.45) is 11.7 Å². The number of benzene rings is 1. The zero-order valence-corrected chi connectivity index (χ0v) is 14.6. The van der Waals surface area contributed by atoms with E-state index in [4.69, 9.17) is 14.9 Å². The van der Waals surface area contributed by atoms with E-state index in [-0.39, 0.29) is 5.91 Å². The topological polar surface area (TPSA) is 90.4 Å². The number of aryl methyl sites for hydroxylation is 1. The van der Waals surface area contributed by atoms with Crippen LogP contribution >= 0.6 is 0 Å². The number of methoxy groups -OCH3 is 1. The smallest absolute Gasteiger partial charge is 0.241 e. The van der Waals surface area contributed by atoms with Crippen molar-refractivity contribution in [2.75, 3.05) is 12.4 Å². The highest BCUT2D eigenvalue weighted by molar-refractivity contribution is 5.96. The molecule has 0 spiro atoms. The van der Waals surface area contributed by atoms with Gasteiger partial charge in [0, 0.05) is 11.8 Å². The Hall–Kier alpha value is -2.34. The first-order valence-corrected chi connectivity index (χ1v) is 8.13. The standard InChI is InChI=1S/C18H25N3O3/c1-5-12-9-13(18-20-6-7-24-18)16(23-4)10-15(12)21-17(22)14(19)8-11(2)3/h6-7,9-11,14H,5,8,19H2,1-4H3,(H,21,22). The summed E-state index contributed by atoms with van der Waals surface area (Å²) in [4.78, 5) is 16.5. The fourth-order valence-electron chi connectivity index (χ4n) is 2.57. The molecule has 2 rings (SSSR count). The predicted molar refractivity (Wildman–Crippen MR) is 93.9 cm³/mol. The lowest BCUT2D eigenvalue weighted by atomic mass is 10.0. The lowest BCUT2D eigenvalue weighted by Crippen LogP contribution is -2.36. The van der Waals surface area contributed by atoms with Crippen molar-refractivity contribution in [1.29, 1.82) is 0 Å². The molecule has 24 heavy (non-hydrogen) atoms. The van der Waals surface area contributed by atoms with Gasteiger partial charge in [-0.15, -0.1) is 0 Å². The van der Waals surface area contributed by atoms with Crippen LogP contribution in [0.4, 0.5) is 5.69 Å². The summed E-state index contributed by atoms with van der Waals surface area (Å²) in [6.45, 7) is 6.10. The van der Waals surface area contributed by atoms with Gasteiger partial charge in [0.15, 0.2) is 0 Å². The number of rotatable bonds is 7. The molecule has 1 aromatic carbocycles. The summed E-state index contributed by atoms with van der Waals surface area (Å²) >= 11 is 0. The minimum atomic E-state index is -0.535. The number of aromatic nitrogens is 1. The van der Waals surface area contributed by atoms with E-state index < -0.39 is 6.04 Å². The van der Waals surface area contributed by atoms with Crippen LogP contribution in [0.15, 0.2) is 29.0 Å². The molecule has 1 unspecified atom stereocenters. The largest absolute Gasteiger partial charge is 0.496 e. The molecule has 1 amide bonds. The second-order valence-electron chi connectivity index (χ2n) is 6.13. The van der Waals surface area contributed by atoms with Gasteiger partial charge >= 0.3 is 0 Å². The Morgan fingerprint density at radius 1 is 1.42 bits per heavy atom. The number of carbonyl (C=O) groups excluding carboxylic acids is 1. The Labute approximate surface area is 142 Å². The first-order valence-electron chi connectivity index (χ1n) is 8.13. The third-order valence-electron chi connectivity index (χ3n) is 3.79. The molecule has 0 radical (unpaired) electrons. The Kier molecular flexibility index (Phi) is 5.98. The lowest BCUT2D eigenvalue weighted by Gasteiger charge is -2.18. The van der Waals surface area contributed by atoms with E-state index in [0.29, 0.717) is 29.7 Å². The minimum Gasteiger partial charge on any atom is -0.496 e. The Balaban J connectivity index is 2.32. The van der Waals surface area contributed by atoms with Crippen molar-refractivity contribution < 1.29 is 13.9 Å². The maximum absolute atomic E-state index is 12.3. The second kappa shape index (κ2) is 7.97. The maximum atomic E-state index is 12.3. The summed E-state index contributed by atoms with van der Waals surface area (Å²) in [6, 6.07) is 3.18. The number of nitrogens with zero attached hydrogens (tertiary/aromatic N) is 1. The highest BCUT2D eigenvalue weighted by atomic mass is 16.5. The van der Waals surface area contributed by atoms with E-state index in [2.05, 4.69) is 10.3 Å². The Morgan fingerprint density at radius 3 is 2.71 bits per heavy atom. The molecule has 0 aliphatic rings. The SMILES string of the molecule is CCc1cc(-c2ncco2)c(OC)cc1NC(=O)C(N)CC(C)C. The molecule has 3 N–H and O–H groups in total. The number of ether oxygens (including phenoxy) is 1. The summed E-state index contributed by atoms with van der Waals surface area (Å²) in [5, 5.41) is 2.92. The number of nitrogens with two attached hydrogens (primary N) is 1. The Bertz CT molecular complexity index is 681. The van der Waals surface area contributed by atoms with Crippen molar-refractivity contribution in [3.63, 3.8) is 0 Å². The quantitative estimate of drug-likeness (QED) is 0.813. The van der Waals surface area contributed by atoms with Gasteiger partial charge < -0.3 is 20.2 Å². The van der Waals surface area contributed by atoms with Crippen LogP contribution in [0.25, 0.3) is 11.5 Å². The summed E-state index contributed by atoms with van der Waals surface area (Å²) < 4.78 is 10.8. The van der Waals surface area contributed by atoms with Gasteiger partial charge in [-0.2, -0.15) is 0 Å². The highest BCUT2D eigenvalue weighted by Crippen LogP contribution is 2.34. The van der Waals surface area contributed by atoms with Gasteiger partial charge in [0.2, 0.25) is 11.8 Å². The van der Waals surface area contributed by atoms with E-state index in [1.807, 2.05) is 26.8 Å². The third-order valence-corrected chi connectivity index (χ3v) is 3.79. The van der Waals surface area contributed by atoms with Gasteiger partial charge in [0.05, 0.1) is 24.9 Å². The molecule has 0 saturated heterocycles. The summed E-state index contributed by atoms with van der Waals surface area (Å²) in [7, 11) is 1.57. The highest BCUT2D eigenvalue weighted by Gasteiger charge is 2.19. The molecule has 1 aromatic heterocycles. The number of hydrogen-bond donors (Lipinski definition) is 2. The molecule has 6 nitrogen and oxygen atoms in total. The van der Waals surface area contributed by atoms with Crippen LogP contribution in [0.3, 0.4) is 0 Å². The van der Waals surface area contributed by atoms with Crippen LogP contribution in [0.2, 0.25) is 0 Å².